The first-order valence-electron chi connectivity index (χ1n) is 5.74. The summed E-state index contributed by atoms with van der Waals surface area (Å²) < 4.78 is 6.63. The highest BCUT2D eigenvalue weighted by Gasteiger charge is 2.15. The first-order valence-corrected chi connectivity index (χ1v) is 5.74. The number of benzene rings is 1. The molecule has 18 heavy (non-hydrogen) atoms. The molecular weight excluding hydrogens is 230 g/mol. The molecule has 0 atom stereocenters. The average Bonchev–Trinajstić information content (AvgIpc) is 2.82. The van der Waals surface area contributed by atoms with E-state index in [2.05, 4.69) is 0 Å². The van der Waals surface area contributed by atoms with Gasteiger partial charge in [-0.1, -0.05) is 0 Å². The van der Waals surface area contributed by atoms with Crippen LogP contribution in [0.15, 0.2) is 36.4 Å². The molecule has 1 heterocycles. The molecule has 1 aromatic heterocycles. The minimum Gasteiger partial charge on any atom is -0.508 e. The van der Waals surface area contributed by atoms with Gasteiger partial charge in [0.15, 0.2) is 0 Å². The number of rotatable bonds is 3. The van der Waals surface area contributed by atoms with E-state index in [4.69, 9.17) is 4.74 Å². The van der Waals surface area contributed by atoms with Gasteiger partial charge in [0, 0.05) is 12.2 Å². The van der Waals surface area contributed by atoms with Crippen molar-refractivity contribution in [1.29, 1.82) is 0 Å². The molecule has 0 saturated heterocycles. The fourth-order valence-electron chi connectivity index (χ4n) is 1.98. The van der Waals surface area contributed by atoms with Gasteiger partial charge in [0.2, 0.25) is 0 Å². The van der Waals surface area contributed by atoms with Gasteiger partial charge in [-0.05, 0) is 48.9 Å². The van der Waals surface area contributed by atoms with Crippen LogP contribution in [0.4, 0.5) is 0 Å². The third kappa shape index (κ3) is 2.09. The zero-order valence-corrected chi connectivity index (χ0v) is 10.4. The van der Waals surface area contributed by atoms with Crippen LogP contribution in [0.3, 0.4) is 0 Å². The number of esters is 1. The average molecular weight is 245 g/mol. The number of aromatic nitrogens is 1. The number of phenols is 1. The summed E-state index contributed by atoms with van der Waals surface area (Å²) in [5.41, 5.74) is 2.41. The second-order valence-corrected chi connectivity index (χ2v) is 3.89. The number of ether oxygens (including phenoxy) is 1. The summed E-state index contributed by atoms with van der Waals surface area (Å²) in [4.78, 5) is 11.6. The number of hydrogen-bond donors (Lipinski definition) is 1. The van der Waals surface area contributed by atoms with Crippen molar-refractivity contribution in [1.82, 2.24) is 4.57 Å². The highest BCUT2D eigenvalue weighted by Crippen LogP contribution is 2.24. The van der Waals surface area contributed by atoms with Crippen LogP contribution in [-0.4, -0.2) is 22.8 Å². The molecule has 0 bridgehead atoms. The second kappa shape index (κ2) is 4.96. The van der Waals surface area contributed by atoms with Gasteiger partial charge in [0.25, 0.3) is 0 Å². The van der Waals surface area contributed by atoms with Crippen molar-refractivity contribution in [2.75, 3.05) is 7.11 Å². The Morgan fingerprint density at radius 1 is 1.22 bits per heavy atom. The van der Waals surface area contributed by atoms with E-state index in [1.807, 2.05) is 29.7 Å². The molecule has 0 saturated carbocycles. The zero-order chi connectivity index (χ0) is 13.1. The topological polar surface area (TPSA) is 51.5 Å². The lowest BCUT2D eigenvalue weighted by Crippen LogP contribution is -2.10. The highest BCUT2D eigenvalue weighted by atomic mass is 16.5. The van der Waals surface area contributed by atoms with Crippen molar-refractivity contribution >= 4 is 5.97 Å². The Bertz CT molecular complexity index is 555. The molecule has 0 amide bonds. The lowest BCUT2D eigenvalue weighted by molar-refractivity contribution is 0.0589. The smallest absolute Gasteiger partial charge is 0.354 e. The van der Waals surface area contributed by atoms with E-state index < -0.39 is 0 Å². The van der Waals surface area contributed by atoms with Gasteiger partial charge in [0.1, 0.15) is 11.4 Å². The van der Waals surface area contributed by atoms with Gasteiger partial charge in [-0.2, -0.15) is 0 Å². The van der Waals surface area contributed by atoms with E-state index in [9.17, 15) is 9.90 Å². The van der Waals surface area contributed by atoms with Crippen molar-refractivity contribution in [3.05, 3.63) is 42.1 Å². The van der Waals surface area contributed by atoms with E-state index >= 15 is 0 Å². The Morgan fingerprint density at radius 2 is 1.89 bits per heavy atom. The van der Waals surface area contributed by atoms with E-state index in [0.717, 1.165) is 11.3 Å². The van der Waals surface area contributed by atoms with E-state index in [1.54, 1.807) is 18.2 Å². The molecule has 0 fully saturated rings. The van der Waals surface area contributed by atoms with Crippen LogP contribution in [-0.2, 0) is 11.3 Å². The molecule has 2 aromatic rings. The number of carbonyl (C=O) groups is 1. The van der Waals surface area contributed by atoms with Crippen LogP contribution >= 0.6 is 0 Å². The number of nitrogens with zero attached hydrogens (tertiary/aromatic N) is 1. The van der Waals surface area contributed by atoms with Crippen molar-refractivity contribution < 1.29 is 14.6 Å². The minimum atomic E-state index is -0.345. The standard InChI is InChI=1S/C14H15NO3/c1-3-15-12(8-9-13(15)14(17)18-2)10-4-6-11(16)7-5-10/h4-9,16H,3H2,1-2H3. The molecule has 0 aliphatic carbocycles. The van der Waals surface area contributed by atoms with Gasteiger partial charge in [-0.25, -0.2) is 4.79 Å². The highest BCUT2D eigenvalue weighted by molar-refractivity contribution is 5.89. The molecule has 1 N–H and O–H groups in total. The Labute approximate surface area is 105 Å². The number of hydrogen-bond acceptors (Lipinski definition) is 3. The van der Waals surface area contributed by atoms with Crippen LogP contribution in [0, 0.1) is 0 Å². The number of methoxy groups -OCH3 is 1. The fraction of sp³-hybridized carbons (Fsp3) is 0.214. The first kappa shape index (κ1) is 12.2. The minimum absolute atomic E-state index is 0.224. The quantitative estimate of drug-likeness (QED) is 0.846. The van der Waals surface area contributed by atoms with Gasteiger partial charge in [0.05, 0.1) is 7.11 Å². The summed E-state index contributed by atoms with van der Waals surface area (Å²) in [7, 11) is 1.37. The van der Waals surface area contributed by atoms with Crippen LogP contribution < -0.4 is 0 Å². The molecule has 94 valence electrons. The summed E-state index contributed by atoms with van der Waals surface area (Å²) in [6, 6.07) is 10.5. The Hall–Kier alpha value is -2.23. The Morgan fingerprint density at radius 3 is 2.44 bits per heavy atom. The van der Waals surface area contributed by atoms with Gasteiger partial charge in [-0.3, -0.25) is 0 Å². The van der Waals surface area contributed by atoms with E-state index in [1.165, 1.54) is 7.11 Å². The third-order valence-electron chi connectivity index (χ3n) is 2.85. The maximum Gasteiger partial charge on any atom is 0.354 e. The summed E-state index contributed by atoms with van der Waals surface area (Å²) in [5.74, 6) is -0.122. The third-order valence-corrected chi connectivity index (χ3v) is 2.85. The summed E-state index contributed by atoms with van der Waals surface area (Å²) >= 11 is 0. The summed E-state index contributed by atoms with van der Waals surface area (Å²) in [6.07, 6.45) is 0. The van der Waals surface area contributed by atoms with Crippen molar-refractivity contribution in [3.63, 3.8) is 0 Å². The van der Waals surface area contributed by atoms with Crippen LogP contribution in [0.1, 0.15) is 17.4 Å². The maximum absolute atomic E-state index is 11.6. The van der Waals surface area contributed by atoms with Crippen LogP contribution in [0.2, 0.25) is 0 Å². The molecular formula is C14H15NO3. The largest absolute Gasteiger partial charge is 0.508 e. The molecule has 1 aromatic carbocycles. The van der Waals surface area contributed by atoms with Crippen LogP contribution in [0.25, 0.3) is 11.3 Å². The molecule has 0 unspecified atom stereocenters. The summed E-state index contributed by atoms with van der Waals surface area (Å²) in [6.45, 7) is 2.64. The second-order valence-electron chi connectivity index (χ2n) is 3.89. The van der Waals surface area contributed by atoms with Crippen molar-refractivity contribution in [3.8, 4) is 17.0 Å². The Kier molecular flexibility index (Phi) is 3.37. The predicted molar refractivity (Wildman–Crippen MR) is 68.5 cm³/mol. The fourth-order valence-corrected chi connectivity index (χ4v) is 1.98. The molecule has 0 spiro atoms. The lowest BCUT2D eigenvalue weighted by atomic mass is 10.1. The lowest BCUT2D eigenvalue weighted by Gasteiger charge is -2.10. The van der Waals surface area contributed by atoms with Crippen molar-refractivity contribution in [2.45, 2.75) is 13.5 Å². The van der Waals surface area contributed by atoms with Crippen LogP contribution in [0.5, 0.6) is 5.75 Å². The number of phenolic OH excluding ortho intramolecular Hbond substituents is 1. The summed E-state index contributed by atoms with van der Waals surface area (Å²) in [5, 5.41) is 9.28. The first-order chi connectivity index (χ1) is 8.67. The van der Waals surface area contributed by atoms with E-state index in [0.29, 0.717) is 12.2 Å². The zero-order valence-electron chi connectivity index (χ0n) is 10.4. The van der Waals surface area contributed by atoms with Gasteiger partial charge >= 0.3 is 5.97 Å². The molecule has 0 aliphatic heterocycles. The maximum atomic E-state index is 11.6. The molecule has 4 nitrogen and oxygen atoms in total. The molecule has 4 heteroatoms. The molecule has 0 radical (unpaired) electrons. The number of carbonyl (C=O) groups excluding carboxylic acids is 1. The monoisotopic (exact) mass is 245 g/mol. The van der Waals surface area contributed by atoms with Gasteiger partial charge < -0.3 is 14.4 Å². The number of aromatic hydroxyl groups is 1. The Balaban J connectivity index is 2.48. The SMILES string of the molecule is CCn1c(C(=O)OC)ccc1-c1ccc(O)cc1. The normalized spacial score (nSPS) is 10.3. The molecule has 2 rings (SSSR count). The predicted octanol–water partition coefficient (Wildman–Crippen LogP) is 2.67. The molecule has 0 aliphatic rings. The van der Waals surface area contributed by atoms with Crippen molar-refractivity contribution in [2.24, 2.45) is 0 Å². The van der Waals surface area contributed by atoms with Gasteiger partial charge in [-0.15, -0.1) is 0 Å². The van der Waals surface area contributed by atoms with E-state index in [-0.39, 0.29) is 11.7 Å².